The second-order valence-electron chi connectivity index (χ2n) is 4.85. The molecule has 1 aromatic carbocycles. The van der Waals surface area contributed by atoms with Crippen LogP contribution in [0.4, 0.5) is 14.5 Å². The highest BCUT2D eigenvalue weighted by Gasteiger charge is 2.24. The summed E-state index contributed by atoms with van der Waals surface area (Å²) in [6, 6.07) is 1.52. The van der Waals surface area contributed by atoms with Gasteiger partial charge in [0.25, 0.3) is 0 Å². The summed E-state index contributed by atoms with van der Waals surface area (Å²) in [6.07, 6.45) is 3.95. The van der Waals surface area contributed by atoms with Crippen LogP contribution < -0.4 is 5.32 Å². The lowest BCUT2D eigenvalue weighted by Gasteiger charge is -2.30. The highest BCUT2D eigenvalue weighted by atomic mass is 32.2. The van der Waals surface area contributed by atoms with Crippen molar-refractivity contribution in [2.24, 2.45) is 0 Å². The molecule has 0 fully saturated rings. The Morgan fingerprint density at radius 3 is 2.38 bits per heavy atom. The van der Waals surface area contributed by atoms with Gasteiger partial charge in [-0.15, -0.1) is 0 Å². The predicted octanol–water partition coefficient (Wildman–Crippen LogP) is 3.88. The number of nitrogens with zero attached hydrogens (tertiary/aromatic N) is 1. The number of hydrogen-bond acceptors (Lipinski definition) is 4. The van der Waals surface area contributed by atoms with Crippen molar-refractivity contribution in [1.82, 2.24) is 5.32 Å². The largest absolute Gasteiger partial charge is 0.311 e. The number of thioether (sulfide) groups is 1. The van der Waals surface area contributed by atoms with Gasteiger partial charge in [-0.25, -0.2) is 4.39 Å². The van der Waals surface area contributed by atoms with Crippen LogP contribution in [0.15, 0.2) is 12.1 Å². The number of nitrogens with one attached hydrogen (secondary N) is 1. The van der Waals surface area contributed by atoms with Crippen molar-refractivity contribution in [2.45, 2.75) is 38.0 Å². The Morgan fingerprint density at radius 2 is 1.90 bits per heavy atom. The van der Waals surface area contributed by atoms with Gasteiger partial charge in [0.15, 0.2) is 0 Å². The third kappa shape index (κ3) is 4.38. The maximum absolute atomic E-state index is 13.7. The molecule has 0 heterocycles. The van der Waals surface area contributed by atoms with Crippen LogP contribution >= 0.6 is 11.8 Å². The van der Waals surface area contributed by atoms with Gasteiger partial charge in [0.05, 0.1) is 4.92 Å². The zero-order valence-electron chi connectivity index (χ0n) is 12.4. The van der Waals surface area contributed by atoms with E-state index in [1.807, 2.05) is 6.26 Å². The van der Waals surface area contributed by atoms with E-state index in [1.165, 1.54) is 0 Å². The van der Waals surface area contributed by atoms with E-state index >= 15 is 0 Å². The van der Waals surface area contributed by atoms with Crippen LogP contribution in [0, 0.1) is 21.7 Å². The molecular formula is C14H20F2N2O2S. The summed E-state index contributed by atoms with van der Waals surface area (Å²) in [5, 5.41) is 13.8. The van der Waals surface area contributed by atoms with Gasteiger partial charge in [-0.2, -0.15) is 16.2 Å². The van der Waals surface area contributed by atoms with Gasteiger partial charge in [-0.05, 0) is 19.1 Å². The first kappa shape index (κ1) is 17.8. The number of halogens is 2. The molecule has 0 aromatic heterocycles. The van der Waals surface area contributed by atoms with Crippen molar-refractivity contribution in [2.75, 3.05) is 12.8 Å². The smallest absolute Gasteiger partial charge is 0.305 e. The molecule has 0 amide bonds. The normalized spacial score (nSPS) is 11.7. The molecular weight excluding hydrogens is 298 g/mol. The molecule has 118 valence electrons. The summed E-state index contributed by atoms with van der Waals surface area (Å²) in [4.78, 5) is 9.83. The Bertz CT molecular complexity index is 500. The average molecular weight is 318 g/mol. The highest BCUT2D eigenvalue weighted by Crippen LogP contribution is 2.29. The van der Waals surface area contributed by atoms with E-state index in [1.54, 1.807) is 11.8 Å². The third-order valence-corrected chi connectivity index (χ3v) is 5.38. The van der Waals surface area contributed by atoms with Crippen LogP contribution in [0.2, 0.25) is 0 Å². The Morgan fingerprint density at radius 1 is 1.29 bits per heavy atom. The summed E-state index contributed by atoms with van der Waals surface area (Å²) >= 11 is 1.74. The Labute approximate surface area is 127 Å². The number of hydrogen-bond donors (Lipinski definition) is 1. The van der Waals surface area contributed by atoms with Gasteiger partial charge in [-0.1, -0.05) is 13.8 Å². The van der Waals surface area contributed by atoms with E-state index in [0.29, 0.717) is 12.6 Å². The van der Waals surface area contributed by atoms with Crippen molar-refractivity contribution in [3.05, 3.63) is 39.4 Å². The quantitative estimate of drug-likeness (QED) is 0.584. The molecule has 7 heteroatoms. The van der Waals surface area contributed by atoms with Gasteiger partial charge >= 0.3 is 5.69 Å². The maximum Gasteiger partial charge on any atom is 0.305 e. The second-order valence-corrected chi connectivity index (χ2v) is 6.12. The van der Waals surface area contributed by atoms with Gasteiger partial charge in [0, 0.05) is 35.5 Å². The lowest BCUT2D eigenvalue weighted by molar-refractivity contribution is -0.387. The Balaban J connectivity index is 2.80. The van der Waals surface area contributed by atoms with E-state index in [2.05, 4.69) is 19.2 Å². The van der Waals surface area contributed by atoms with E-state index in [0.717, 1.165) is 18.9 Å². The fourth-order valence-electron chi connectivity index (χ4n) is 2.14. The van der Waals surface area contributed by atoms with Crippen molar-refractivity contribution in [3.63, 3.8) is 0 Å². The Hall–Kier alpha value is -1.21. The van der Waals surface area contributed by atoms with E-state index < -0.39 is 22.2 Å². The minimum atomic E-state index is -1.15. The molecule has 0 bridgehead atoms. The zero-order chi connectivity index (χ0) is 16.0. The lowest BCUT2D eigenvalue weighted by atomic mass is 10.0. The lowest BCUT2D eigenvalue weighted by Crippen LogP contribution is -2.36. The van der Waals surface area contributed by atoms with Gasteiger partial charge < -0.3 is 5.32 Å². The number of benzene rings is 1. The Kier molecular flexibility index (Phi) is 6.54. The second kappa shape index (κ2) is 7.70. The first-order chi connectivity index (χ1) is 9.89. The molecule has 0 aliphatic rings. The fourth-order valence-corrected chi connectivity index (χ4v) is 2.97. The van der Waals surface area contributed by atoms with Crippen molar-refractivity contribution in [3.8, 4) is 0 Å². The monoisotopic (exact) mass is 318 g/mol. The van der Waals surface area contributed by atoms with E-state index in [4.69, 9.17) is 0 Å². The minimum Gasteiger partial charge on any atom is -0.311 e. The van der Waals surface area contributed by atoms with Gasteiger partial charge in [0.2, 0.25) is 5.82 Å². The molecule has 0 saturated carbocycles. The zero-order valence-corrected chi connectivity index (χ0v) is 13.2. The predicted molar refractivity (Wildman–Crippen MR) is 81.5 cm³/mol. The van der Waals surface area contributed by atoms with Crippen LogP contribution in [0.3, 0.4) is 0 Å². The number of rotatable bonds is 8. The highest BCUT2D eigenvalue weighted by molar-refractivity contribution is 8.00. The molecule has 4 nitrogen and oxygen atoms in total. The molecule has 0 spiro atoms. The van der Waals surface area contributed by atoms with Crippen molar-refractivity contribution >= 4 is 17.4 Å². The molecule has 1 N–H and O–H groups in total. The maximum atomic E-state index is 13.7. The number of nitro groups is 1. The molecule has 0 unspecified atom stereocenters. The molecule has 0 saturated heterocycles. The first-order valence-corrected chi connectivity index (χ1v) is 7.99. The summed E-state index contributed by atoms with van der Waals surface area (Å²) in [7, 11) is 0. The molecule has 21 heavy (non-hydrogen) atoms. The summed E-state index contributed by atoms with van der Waals surface area (Å²) in [5.41, 5.74) is -0.597. The van der Waals surface area contributed by atoms with Gasteiger partial charge in [0.1, 0.15) is 5.82 Å². The van der Waals surface area contributed by atoms with Crippen LogP contribution in [0.5, 0.6) is 0 Å². The van der Waals surface area contributed by atoms with Crippen LogP contribution in [-0.2, 0) is 6.54 Å². The van der Waals surface area contributed by atoms with Crippen molar-refractivity contribution in [1.29, 1.82) is 0 Å². The summed E-state index contributed by atoms with van der Waals surface area (Å²) in [6.45, 7) is 4.97. The molecule has 0 aliphatic heterocycles. The third-order valence-electron chi connectivity index (χ3n) is 3.80. The van der Waals surface area contributed by atoms with E-state index in [-0.39, 0.29) is 16.9 Å². The number of nitro benzene ring substituents is 1. The molecule has 1 aromatic rings. The standard InChI is InChI=1S/C14H20F2N2O2S/c1-4-14(5-2,21-3)9-17-8-10-6-13(18(19)20)12(16)7-11(10)15/h6-7,17H,4-5,8-9H2,1-3H3. The molecule has 0 atom stereocenters. The summed E-state index contributed by atoms with van der Waals surface area (Å²) in [5.74, 6) is -1.92. The van der Waals surface area contributed by atoms with Gasteiger partial charge in [-0.3, -0.25) is 10.1 Å². The molecule has 1 rings (SSSR count). The fraction of sp³-hybridized carbons (Fsp3) is 0.571. The van der Waals surface area contributed by atoms with Crippen LogP contribution in [0.25, 0.3) is 0 Å². The van der Waals surface area contributed by atoms with Crippen molar-refractivity contribution < 1.29 is 13.7 Å². The van der Waals surface area contributed by atoms with E-state index in [9.17, 15) is 18.9 Å². The average Bonchev–Trinajstić information content (AvgIpc) is 2.46. The van der Waals surface area contributed by atoms with Crippen LogP contribution in [0.1, 0.15) is 32.3 Å². The molecule has 0 aliphatic carbocycles. The first-order valence-electron chi connectivity index (χ1n) is 6.77. The minimum absolute atomic E-state index is 0.0580. The van der Waals surface area contributed by atoms with Crippen LogP contribution in [-0.4, -0.2) is 22.5 Å². The molecule has 0 radical (unpaired) electrons. The topological polar surface area (TPSA) is 55.2 Å². The summed E-state index contributed by atoms with van der Waals surface area (Å²) < 4.78 is 27.0. The SMILES string of the molecule is CCC(CC)(CNCc1cc([N+](=O)[O-])c(F)cc1F)SC.